The highest BCUT2D eigenvalue weighted by Crippen LogP contribution is 2.30. The first-order chi connectivity index (χ1) is 11.3. The fraction of sp³-hybridized carbons (Fsp3) is 0.944. The summed E-state index contributed by atoms with van der Waals surface area (Å²) in [6, 6.07) is 0. The van der Waals surface area contributed by atoms with Crippen molar-refractivity contribution in [2.45, 2.75) is 56.9 Å². The van der Waals surface area contributed by atoms with Crippen LogP contribution < -0.4 is 10.6 Å². The van der Waals surface area contributed by atoms with Crippen molar-refractivity contribution in [3.8, 4) is 0 Å². The van der Waals surface area contributed by atoms with Gasteiger partial charge in [-0.15, -0.1) is 24.8 Å². The Balaban J connectivity index is 0.00000156. The standard InChI is InChI=1S/C18H33N3O2.2ClH/c22-17(4-3-16-5-9-19-10-6-16)20-15-18(7-13-23-14-8-18)21-11-1-2-12-21;;/h16,19H,1-15H2,(H,20,22);2*1H. The molecule has 1 amide bonds. The zero-order valence-electron chi connectivity index (χ0n) is 15.3. The summed E-state index contributed by atoms with van der Waals surface area (Å²) >= 11 is 0. The largest absolute Gasteiger partial charge is 0.381 e. The van der Waals surface area contributed by atoms with Crippen LogP contribution in [0.15, 0.2) is 0 Å². The molecule has 7 heteroatoms. The summed E-state index contributed by atoms with van der Waals surface area (Å²) in [5.74, 6) is 0.978. The topological polar surface area (TPSA) is 53.6 Å². The molecule has 3 aliphatic heterocycles. The number of carbonyl (C=O) groups is 1. The van der Waals surface area contributed by atoms with Gasteiger partial charge in [-0.3, -0.25) is 9.69 Å². The van der Waals surface area contributed by atoms with Gasteiger partial charge >= 0.3 is 0 Å². The van der Waals surface area contributed by atoms with E-state index in [4.69, 9.17) is 4.74 Å². The molecule has 0 unspecified atom stereocenters. The van der Waals surface area contributed by atoms with E-state index >= 15 is 0 Å². The first kappa shape index (κ1) is 23.0. The normalized spacial score (nSPS) is 24.2. The molecule has 0 aromatic heterocycles. The number of nitrogens with one attached hydrogen (secondary N) is 2. The molecule has 2 N–H and O–H groups in total. The van der Waals surface area contributed by atoms with Crippen LogP contribution in [0.1, 0.15) is 51.4 Å². The molecule has 3 fully saturated rings. The second-order valence-corrected chi connectivity index (χ2v) is 7.54. The Kier molecular flexibility index (Phi) is 10.7. The molecule has 0 aromatic rings. The van der Waals surface area contributed by atoms with Crippen molar-refractivity contribution >= 4 is 30.7 Å². The summed E-state index contributed by atoms with van der Waals surface area (Å²) in [6.07, 6.45) is 8.90. The van der Waals surface area contributed by atoms with Crippen LogP contribution in [0, 0.1) is 5.92 Å². The highest BCUT2D eigenvalue weighted by molar-refractivity contribution is 5.85. The third kappa shape index (κ3) is 6.55. The molecule has 3 aliphatic rings. The minimum Gasteiger partial charge on any atom is -0.381 e. The van der Waals surface area contributed by atoms with Crippen LogP contribution in [0.3, 0.4) is 0 Å². The lowest BCUT2D eigenvalue weighted by atomic mass is 9.87. The highest BCUT2D eigenvalue weighted by atomic mass is 35.5. The van der Waals surface area contributed by atoms with Gasteiger partial charge in [0, 0.05) is 31.7 Å². The molecule has 0 aliphatic carbocycles. The molecule has 0 spiro atoms. The lowest BCUT2D eigenvalue weighted by molar-refractivity contribution is -0.122. The van der Waals surface area contributed by atoms with E-state index in [0.717, 1.165) is 58.0 Å². The van der Waals surface area contributed by atoms with Crippen LogP contribution in [0.25, 0.3) is 0 Å². The Labute approximate surface area is 164 Å². The van der Waals surface area contributed by atoms with E-state index in [1.54, 1.807) is 0 Å². The summed E-state index contributed by atoms with van der Waals surface area (Å²) in [4.78, 5) is 14.9. The van der Waals surface area contributed by atoms with Crippen LogP contribution >= 0.6 is 24.8 Å². The van der Waals surface area contributed by atoms with E-state index in [1.807, 2.05) is 0 Å². The molecule has 3 saturated heterocycles. The Morgan fingerprint density at radius 2 is 1.76 bits per heavy atom. The van der Waals surface area contributed by atoms with Crippen molar-refractivity contribution in [1.29, 1.82) is 0 Å². The van der Waals surface area contributed by atoms with Gasteiger partial charge in [0.2, 0.25) is 5.91 Å². The first-order valence-corrected chi connectivity index (χ1v) is 9.59. The Hall–Kier alpha value is -0.0700. The van der Waals surface area contributed by atoms with E-state index in [0.29, 0.717) is 6.42 Å². The predicted octanol–water partition coefficient (Wildman–Crippen LogP) is 2.37. The van der Waals surface area contributed by atoms with E-state index in [1.165, 1.54) is 38.8 Å². The summed E-state index contributed by atoms with van der Waals surface area (Å²) < 4.78 is 5.57. The van der Waals surface area contributed by atoms with Gasteiger partial charge in [-0.25, -0.2) is 0 Å². The second kappa shape index (κ2) is 11.6. The van der Waals surface area contributed by atoms with Crippen LogP contribution in [0.4, 0.5) is 0 Å². The summed E-state index contributed by atoms with van der Waals surface area (Å²) in [7, 11) is 0. The number of nitrogens with zero attached hydrogens (tertiary/aromatic N) is 1. The minimum atomic E-state index is 0. The van der Waals surface area contributed by atoms with Gasteiger partial charge in [0.05, 0.1) is 0 Å². The summed E-state index contributed by atoms with van der Waals surface area (Å²) in [5.41, 5.74) is 0.152. The Bertz CT molecular complexity index is 381. The van der Waals surface area contributed by atoms with Gasteiger partial charge < -0.3 is 15.4 Å². The average molecular weight is 396 g/mol. The summed E-state index contributed by atoms with van der Waals surface area (Å²) in [5, 5.41) is 6.65. The van der Waals surface area contributed by atoms with Crippen molar-refractivity contribution in [3.05, 3.63) is 0 Å². The number of ether oxygens (including phenoxy) is 1. The van der Waals surface area contributed by atoms with Gasteiger partial charge in [0.25, 0.3) is 0 Å². The number of amides is 1. The van der Waals surface area contributed by atoms with Gasteiger partial charge in [-0.05, 0) is 77.0 Å². The quantitative estimate of drug-likeness (QED) is 0.724. The SMILES string of the molecule is Cl.Cl.O=C(CCC1CCNCC1)NCC1(N2CCCC2)CCOCC1. The van der Waals surface area contributed by atoms with Crippen molar-refractivity contribution in [1.82, 2.24) is 15.5 Å². The molecular formula is C18H35Cl2N3O2. The number of piperidine rings is 1. The predicted molar refractivity (Wildman–Crippen MR) is 106 cm³/mol. The average Bonchev–Trinajstić information content (AvgIpc) is 3.15. The highest BCUT2D eigenvalue weighted by Gasteiger charge is 2.39. The maximum absolute atomic E-state index is 12.3. The second-order valence-electron chi connectivity index (χ2n) is 7.54. The number of likely N-dealkylation sites (tertiary alicyclic amines) is 1. The van der Waals surface area contributed by atoms with Crippen molar-refractivity contribution in [3.63, 3.8) is 0 Å². The van der Waals surface area contributed by atoms with E-state index in [9.17, 15) is 4.79 Å². The molecule has 25 heavy (non-hydrogen) atoms. The van der Waals surface area contributed by atoms with Crippen LogP contribution in [0.5, 0.6) is 0 Å². The van der Waals surface area contributed by atoms with E-state index in [2.05, 4.69) is 15.5 Å². The number of halogens is 2. The molecule has 3 heterocycles. The Morgan fingerprint density at radius 1 is 1.12 bits per heavy atom. The van der Waals surface area contributed by atoms with E-state index in [-0.39, 0.29) is 36.3 Å². The van der Waals surface area contributed by atoms with Gasteiger partial charge in [0.1, 0.15) is 0 Å². The number of carbonyl (C=O) groups excluding carboxylic acids is 1. The molecule has 0 aromatic carbocycles. The molecule has 0 radical (unpaired) electrons. The number of hydrogen-bond donors (Lipinski definition) is 2. The van der Waals surface area contributed by atoms with Gasteiger partial charge in [-0.2, -0.15) is 0 Å². The lowest BCUT2D eigenvalue weighted by Gasteiger charge is -2.44. The van der Waals surface area contributed by atoms with Crippen molar-refractivity contribution < 1.29 is 9.53 Å². The zero-order chi connectivity index (χ0) is 16.0. The van der Waals surface area contributed by atoms with Gasteiger partial charge in [0.15, 0.2) is 0 Å². The minimum absolute atomic E-state index is 0. The molecule has 148 valence electrons. The fourth-order valence-corrected chi connectivity index (χ4v) is 4.40. The number of hydrogen-bond acceptors (Lipinski definition) is 4. The fourth-order valence-electron chi connectivity index (χ4n) is 4.40. The maximum Gasteiger partial charge on any atom is 0.220 e. The molecular weight excluding hydrogens is 361 g/mol. The van der Waals surface area contributed by atoms with Crippen LogP contribution in [-0.2, 0) is 9.53 Å². The molecule has 3 rings (SSSR count). The first-order valence-electron chi connectivity index (χ1n) is 9.59. The van der Waals surface area contributed by atoms with Gasteiger partial charge in [-0.1, -0.05) is 0 Å². The molecule has 5 nitrogen and oxygen atoms in total. The third-order valence-corrected chi connectivity index (χ3v) is 6.05. The number of rotatable bonds is 6. The molecule has 0 saturated carbocycles. The lowest BCUT2D eigenvalue weighted by Crippen LogP contribution is -2.57. The molecule has 0 bridgehead atoms. The van der Waals surface area contributed by atoms with Crippen LogP contribution in [0.2, 0.25) is 0 Å². The van der Waals surface area contributed by atoms with Crippen molar-refractivity contribution in [2.75, 3.05) is 45.9 Å². The third-order valence-electron chi connectivity index (χ3n) is 6.05. The van der Waals surface area contributed by atoms with E-state index < -0.39 is 0 Å². The van der Waals surface area contributed by atoms with Crippen LogP contribution in [-0.4, -0.2) is 62.3 Å². The maximum atomic E-state index is 12.3. The molecule has 0 atom stereocenters. The van der Waals surface area contributed by atoms with Crippen molar-refractivity contribution in [2.24, 2.45) is 5.92 Å². The Morgan fingerprint density at radius 3 is 2.40 bits per heavy atom. The smallest absolute Gasteiger partial charge is 0.220 e. The zero-order valence-corrected chi connectivity index (χ0v) is 16.9. The summed E-state index contributed by atoms with van der Waals surface area (Å²) in [6.45, 7) is 7.08. The monoisotopic (exact) mass is 395 g/mol.